The van der Waals surface area contributed by atoms with Crippen LogP contribution in [0.3, 0.4) is 0 Å². The number of carbonyl (C=O) groups is 1. The van der Waals surface area contributed by atoms with Crippen molar-refractivity contribution in [1.82, 2.24) is 10.0 Å². The molecule has 0 aliphatic carbocycles. The molecule has 0 aliphatic heterocycles. The van der Waals surface area contributed by atoms with E-state index in [0.717, 1.165) is 5.56 Å². The molecule has 0 atom stereocenters. The van der Waals surface area contributed by atoms with Crippen LogP contribution in [-0.2, 0) is 27.1 Å². The minimum atomic E-state index is -3.39. The van der Waals surface area contributed by atoms with Gasteiger partial charge in [-0.15, -0.1) is 0 Å². The van der Waals surface area contributed by atoms with Crippen molar-refractivity contribution in [2.45, 2.75) is 12.3 Å². The summed E-state index contributed by atoms with van der Waals surface area (Å²) in [5, 5.41) is 2.71. The van der Waals surface area contributed by atoms with Gasteiger partial charge in [0.05, 0.1) is 5.75 Å². The van der Waals surface area contributed by atoms with E-state index in [1.54, 1.807) is 42.5 Å². The van der Waals surface area contributed by atoms with Crippen LogP contribution in [0.5, 0.6) is 0 Å². The van der Waals surface area contributed by atoms with Gasteiger partial charge in [-0.3, -0.25) is 4.79 Å². The highest BCUT2D eigenvalue weighted by Gasteiger charge is 2.12. The zero-order valence-corrected chi connectivity index (χ0v) is 14.5. The van der Waals surface area contributed by atoms with Gasteiger partial charge in [-0.1, -0.05) is 36.4 Å². The average Bonchev–Trinajstić information content (AvgIpc) is 2.60. The molecule has 0 aliphatic rings. The molecule has 7 heteroatoms. The van der Waals surface area contributed by atoms with Crippen molar-refractivity contribution in [3.8, 4) is 0 Å². The number of hydrogen-bond acceptors (Lipinski definition) is 3. The molecule has 1 amide bonds. The summed E-state index contributed by atoms with van der Waals surface area (Å²) in [6.07, 6.45) is 2.92. The highest BCUT2D eigenvalue weighted by Crippen LogP contribution is 2.12. The third-order valence-corrected chi connectivity index (χ3v) is 4.84. The van der Waals surface area contributed by atoms with Gasteiger partial charge in [0.2, 0.25) is 15.9 Å². The van der Waals surface area contributed by atoms with Gasteiger partial charge in [-0.2, -0.15) is 0 Å². The molecule has 132 valence electrons. The van der Waals surface area contributed by atoms with Gasteiger partial charge in [-0.05, 0) is 41.9 Å². The molecule has 0 spiro atoms. The number of carbonyl (C=O) groups excluding carboxylic acids is 1. The summed E-state index contributed by atoms with van der Waals surface area (Å²) in [4.78, 5) is 11.9. The number of rotatable bonds is 7. The maximum atomic E-state index is 12.8. The first-order valence-electron chi connectivity index (χ1n) is 7.59. The van der Waals surface area contributed by atoms with Crippen molar-refractivity contribution < 1.29 is 17.6 Å². The zero-order chi connectivity index (χ0) is 18.3. The molecule has 5 nitrogen and oxygen atoms in total. The fraction of sp³-hybridized carbons (Fsp3) is 0.167. The Balaban J connectivity index is 1.99. The van der Waals surface area contributed by atoms with E-state index in [2.05, 4.69) is 10.0 Å². The lowest BCUT2D eigenvalue weighted by Crippen LogP contribution is -2.24. The fourth-order valence-corrected chi connectivity index (χ4v) is 2.97. The van der Waals surface area contributed by atoms with E-state index in [9.17, 15) is 17.6 Å². The topological polar surface area (TPSA) is 75.3 Å². The van der Waals surface area contributed by atoms with Crippen molar-refractivity contribution in [1.29, 1.82) is 0 Å². The van der Waals surface area contributed by atoms with Gasteiger partial charge in [0.25, 0.3) is 0 Å². The van der Waals surface area contributed by atoms with Crippen molar-refractivity contribution in [3.05, 3.63) is 77.1 Å². The van der Waals surface area contributed by atoms with Crippen molar-refractivity contribution in [3.63, 3.8) is 0 Å². The van der Waals surface area contributed by atoms with Crippen LogP contribution < -0.4 is 10.0 Å². The molecule has 25 heavy (non-hydrogen) atoms. The van der Waals surface area contributed by atoms with E-state index in [-0.39, 0.29) is 24.0 Å². The van der Waals surface area contributed by atoms with E-state index >= 15 is 0 Å². The lowest BCUT2D eigenvalue weighted by atomic mass is 10.1. The smallest absolute Gasteiger partial charge is 0.244 e. The Morgan fingerprint density at radius 3 is 2.36 bits per heavy atom. The predicted molar refractivity (Wildman–Crippen MR) is 95.4 cm³/mol. The van der Waals surface area contributed by atoms with Crippen LogP contribution in [0.25, 0.3) is 6.08 Å². The van der Waals surface area contributed by atoms with Gasteiger partial charge in [0.15, 0.2) is 0 Å². The average molecular weight is 362 g/mol. The normalized spacial score (nSPS) is 11.6. The number of hydrogen-bond donors (Lipinski definition) is 2. The maximum Gasteiger partial charge on any atom is 0.244 e. The molecule has 2 aromatic rings. The highest BCUT2D eigenvalue weighted by molar-refractivity contribution is 7.88. The van der Waals surface area contributed by atoms with Crippen LogP contribution in [-0.4, -0.2) is 21.4 Å². The fourth-order valence-electron chi connectivity index (χ4n) is 2.13. The molecule has 0 saturated carbocycles. The summed E-state index contributed by atoms with van der Waals surface area (Å²) in [6, 6.07) is 12.8. The summed E-state index contributed by atoms with van der Waals surface area (Å²) in [5.41, 5.74) is 2.06. The van der Waals surface area contributed by atoms with Gasteiger partial charge in [0.1, 0.15) is 5.82 Å². The number of benzene rings is 2. The second-order valence-electron chi connectivity index (χ2n) is 5.33. The van der Waals surface area contributed by atoms with Crippen molar-refractivity contribution in [2.75, 3.05) is 7.05 Å². The Labute approximate surface area is 146 Å². The minimum Gasteiger partial charge on any atom is -0.348 e. The molecule has 2 N–H and O–H groups in total. The number of sulfonamides is 1. The van der Waals surface area contributed by atoms with Crippen LogP contribution in [0.4, 0.5) is 4.39 Å². The van der Waals surface area contributed by atoms with Gasteiger partial charge >= 0.3 is 0 Å². The molecular weight excluding hydrogens is 343 g/mol. The Morgan fingerprint density at radius 2 is 1.72 bits per heavy atom. The number of amides is 1. The van der Waals surface area contributed by atoms with Crippen LogP contribution in [0.2, 0.25) is 0 Å². The summed E-state index contributed by atoms with van der Waals surface area (Å²) >= 11 is 0. The first kappa shape index (κ1) is 18.8. The van der Waals surface area contributed by atoms with Gasteiger partial charge in [-0.25, -0.2) is 17.5 Å². The van der Waals surface area contributed by atoms with E-state index in [0.29, 0.717) is 11.1 Å². The quantitative estimate of drug-likeness (QED) is 0.742. The molecule has 0 saturated heterocycles. The third-order valence-electron chi connectivity index (χ3n) is 3.53. The molecule has 0 aromatic heterocycles. The molecule has 0 radical (unpaired) electrons. The predicted octanol–water partition coefficient (Wildman–Crippen LogP) is 2.20. The Kier molecular flexibility index (Phi) is 6.44. The molecule has 0 unspecified atom stereocenters. The third kappa shape index (κ3) is 6.13. The second kappa shape index (κ2) is 8.55. The summed E-state index contributed by atoms with van der Waals surface area (Å²) in [7, 11) is -2.03. The Hall–Kier alpha value is -2.51. The number of nitrogens with one attached hydrogen (secondary N) is 2. The SMILES string of the molecule is CNS(=O)(=O)Cc1ccccc1CNC(=O)/C=C/c1ccc(F)cc1. The lowest BCUT2D eigenvalue weighted by molar-refractivity contribution is -0.116. The summed E-state index contributed by atoms with van der Waals surface area (Å²) < 4.78 is 38.5. The lowest BCUT2D eigenvalue weighted by Gasteiger charge is -2.10. The standard InChI is InChI=1S/C18H19FN2O3S/c1-20-25(23,24)13-16-5-3-2-4-15(16)12-21-18(22)11-8-14-6-9-17(19)10-7-14/h2-11,20H,12-13H2,1H3,(H,21,22)/b11-8+. The first-order chi connectivity index (χ1) is 11.9. The number of halogens is 1. The summed E-state index contributed by atoms with van der Waals surface area (Å²) in [6.45, 7) is 0.210. The van der Waals surface area contributed by atoms with Crippen LogP contribution in [0, 0.1) is 5.82 Å². The second-order valence-corrected chi connectivity index (χ2v) is 7.26. The Morgan fingerprint density at radius 1 is 1.08 bits per heavy atom. The monoisotopic (exact) mass is 362 g/mol. The largest absolute Gasteiger partial charge is 0.348 e. The zero-order valence-electron chi connectivity index (χ0n) is 13.7. The van der Waals surface area contributed by atoms with E-state index in [1.165, 1.54) is 25.3 Å². The van der Waals surface area contributed by atoms with Crippen molar-refractivity contribution in [2.24, 2.45) is 0 Å². The van der Waals surface area contributed by atoms with E-state index in [1.807, 2.05) is 0 Å². The minimum absolute atomic E-state index is 0.152. The van der Waals surface area contributed by atoms with Crippen LogP contribution >= 0.6 is 0 Å². The summed E-state index contributed by atoms with van der Waals surface area (Å²) in [5.74, 6) is -0.814. The van der Waals surface area contributed by atoms with Gasteiger partial charge in [0, 0.05) is 12.6 Å². The molecule has 2 aromatic carbocycles. The maximum absolute atomic E-state index is 12.8. The first-order valence-corrected chi connectivity index (χ1v) is 9.24. The van der Waals surface area contributed by atoms with E-state index < -0.39 is 10.0 Å². The molecular formula is C18H19FN2O3S. The van der Waals surface area contributed by atoms with Crippen LogP contribution in [0.15, 0.2) is 54.6 Å². The van der Waals surface area contributed by atoms with Crippen molar-refractivity contribution >= 4 is 22.0 Å². The highest BCUT2D eigenvalue weighted by atomic mass is 32.2. The molecule has 0 heterocycles. The van der Waals surface area contributed by atoms with Gasteiger partial charge < -0.3 is 5.32 Å². The molecule has 0 fully saturated rings. The van der Waals surface area contributed by atoms with Crippen LogP contribution in [0.1, 0.15) is 16.7 Å². The Bertz CT molecular complexity index is 862. The molecule has 0 bridgehead atoms. The molecule has 2 rings (SSSR count). The van der Waals surface area contributed by atoms with E-state index in [4.69, 9.17) is 0 Å².